The molecule has 0 unspecified atom stereocenters. The fourth-order valence-corrected chi connectivity index (χ4v) is 3.15. The summed E-state index contributed by atoms with van der Waals surface area (Å²) in [5.74, 6) is 0. The Kier molecular flexibility index (Phi) is 3.04. The molecule has 3 rings (SSSR count). The largest absolute Gasteiger partial charge is 0.365 e. The number of aromatic nitrogens is 3. The zero-order chi connectivity index (χ0) is 12.4. The molecule has 3 aromatic heterocycles. The van der Waals surface area contributed by atoms with E-state index in [1.54, 1.807) is 35.1 Å². The van der Waals surface area contributed by atoms with Gasteiger partial charge in [-0.1, -0.05) is 0 Å². The molecule has 0 fully saturated rings. The first-order chi connectivity index (χ1) is 8.86. The molecule has 1 N–H and O–H groups in total. The molecular formula is C12H10N4S2. The van der Waals surface area contributed by atoms with E-state index in [0.717, 1.165) is 26.3 Å². The van der Waals surface area contributed by atoms with Gasteiger partial charge in [-0.15, -0.1) is 22.7 Å². The Morgan fingerprint density at radius 1 is 1.22 bits per heavy atom. The predicted octanol–water partition coefficient (Wildman–Crippen LogP) is 3.37. The molecule has 90 valence electrons. The molecule has 18 heavy (non-hydrogen) atoms. The Labute approximate surface area is 112 Å². The fourth-order valence-electron chi connectivity index (χ4n) is 1.52. The van der Waals surface area contributed by atoms with Crippen molar-refractivity contribution in [1.82, 2.24) is 15.0 Å². The van der Waals surface area contributed by atoms with E-state index in [9.17, 15) is 0 Å². The number of rotatable bonds is 3. The summed E-state index contributed by atoms with van der Waals surface area (Å²) in [5.41, 5.74) is 2.06. The van der Waals surface area contributed by atoms with Crippen LogP contribution in [0.3, 0.4) is 0 Å². The van der Waals surface area contributed by atoms with Gasteiger partial charge in [0.15, 0.2) is 5.13 Å². The molecule has 0 aliphatic heterocycles. The van der Waals surface area contributed by atoms with Gasteiger partial charge in [0.25, 0.3) is 0 Å². The van der Waals surface area contributed by atoms with Gasteiger partial charge in [0, 0.05) is 36.6 Å². The Morgan fingerprint density at radius 2 is 2.06 bits per heavy atom. The topological polar surface area (TPSA) is 50.7 Å². The lowest BCUT2D eigenvalue weighted by Crippen LogP contribution is -1.84. The number of nitrogens with one attached hydrogen (secondary N) is 1. The lowest BCUT2D eigenvalue weighted by Gasteiger charge is -1.92. The first kappa shape index (κ1) is 11.3. The third kappa shape index (κ3) is 2.12. The maximum atomic E-state index is 4.47. The summed E-state index contributed by atoms with van der Waals surface area (Å²) in [4.78, 5) is 14.0. The highest BCUT2D eigenvalue weighted by Gasteiger charge is 2.09. The number of nitrogens with zero attached hydrogens (tertiary/aromatic N) is 3. The number of anilines is 1. The Balaban J connectivity index is 1.94. The SMILES string of the molecule is CNc1nc(-c2cnc(-c3ccncc3)s2)cs1. The summed E-state index contributed by atoms with van der Waals surface area (Å²) < 4.78 is 0. The van der Waals surface area contributed by atoms with Gasteiger partial charge in [0.1, 0.15) is 5.01 Å². The first-order valence-corrected chi connectivity index (χ1v) is 7.06. The zero-order valence-electron chi connectivity index (χ0n) is 9.62. The van der Waals surface area contributed by atoms with Crippen molar-refractivity contribution in [3.63, 3.8) is 0 Å². The summed E-state index contributed by atoms with van der Waals surface area (Å²) in [6, 6.07) is 3.92. The highest BCUT2D eigenvalue weighted by Crippen LogP contribution is 2.33. The van der Waals surface area contributed by atoms with Crippen LogP contribution in [0.5, 0.6) is 0 Å². The van der Waals surface area contributed by atoms with Gasteiger partial charge in [-0.25, -0.2) is 9.97 Å². The molecule has 6 heteroatoms. The Bertz CT molecular complexity index is 645. The van der Waals surface area contributed by atoms with Crippen LogP contribution in [-0.2, 0) is 0 Å². The van der Waals surface area contributed by atoms with Crippen LogP contribution in [0.25, 0.3) is 21.1 Å². The highest BCUT2D eigenvalue weighted by molar-refractivity contribution is 7.19. The summed E-state index contributed by atoms with van der Waals surface area (Å²) in [6.45, 7) is 0. The Hall–Kier alpha value is -1.79. The molecule has 3 aromatic rings. The molecule has 0 aliphatic carbocycles. The van der Waals surface area contributed by atoms with Crippen molar-refractivity contribution in [3.8, 4) is 21.1 Å². The van der Waals surface area contributed by atoms with Crippen LogP contribution in [-0.4, -0.2) is 22.0 Å². The van der Waals surface area contributed by atoms with Crippen LogP contribution in [0.1, 0.15) is 0 Å². The molecule has 4 nitrogen and oxygen atoms in total. The quantitative estimate of drug-likeness (QED) is 0.795. The molecule has 0 aromatic carbocycles. The molecule has 0 amide bonds. The normalized spacial score (nSPS) is 10.5. The van der Waals surface area contributed by atoms with Gasteiger partial charge in [0.05, 0.1) is 10.6 Å². The predicted molar refractivity (Wildman–Crippen MR) is 76.0 cm³/mol. The lowest BCUT2D eigenvalue weighted by molar-refractivity contribution is 1.32. The van der Waals surface area contributed by atoms with E-state index >= 15 is 0 Å². The standard InChI is InChI=1S/C12H10N4S2/c1-13-12-16-9(7-17-12)10-6-15-11(18-10)8-2-4-14-5-3-8/h2-7H,1H3,(H,13,16). The first-order valence-electron chi connectivity index (χ1n) is 5.36. The van der Waals surface area contributed by atoms with Crippen molar-refractivity contribution in [2.24, 2.45) is 0 Å². The Morgan fingerprint density at radius 3 is 2.78 bits per heavy atom. The van der Waals surface area contributed by atoms with E-state index in [2.05, 4.69) is 20.3 Å². The molecule has 0 aliphatic rings. The van der Waals surface area contributed by atoms with Crippen molar-refractivity contribution in [2.75, 3.05) is 12.4 Å². The average molecular weight is 274 g/mol. The molecule has 0 spiro atoms. The number of pyridine rings is 1. The average Bonchev–Trinajstić information content (AvgIpc) is 3.08. The van der Waals surface area contributed by atoms with E-state index in [1.165, 1.54) is 0 Å². The van der Waals surface area contributed by atoms with Gasteiger partial charge < -0.3 is 5.32 Å². The van der Waals surface area contributed by atoms with Crippen LogP contribution in [0.15, 0.2) is 36.1 Å². The van der Waals surface area contributed by atoms with Crippen LogP contribution in [0.4, 0.5) is 5.13 Å². The van der Waals surface area contributed by atoms with Crippen molar-refractivity contribution >= 4 is 27.8 Å². The van der Waals surface area contributed by atoms with E-state index in [4.69, 9.17) is 0 Å². The maximum Gasteiger partial charge on any atom is 0.182 e. The second kappa shape index (κ2) is 4.83. The van der Waals surface area contributed by atoms with Crippen molar-refractivity contribution in [2.45, 2.75) is 0 Å². The molecule has 3 heterocycles. The van der Waals surface area contributed by atoms with Crippen LogP contribution < -0.4 is 5.32 Å². The molecule has 0 bridgehead atoms. The smallest absolute Gasteiger partial charge is 0.182 e. The second-order valence-electron chi connectivity index (χ2n) is 3.55. The van der Waals surface area contributed by atoms with Gasteiger partial charge >= 0.3 is 0 Å². The molecule has 0 saturated carbocycles. The minimum absolute atomic E-state index is 0.920. The molecular weight excluding hydrogens is 264 g/mol. The van der Waals surface area contributed by atoms with Gasteiger partial charge in [-0.05, 0) is 12.1 Å². The van der Waals surface area contributed by atoms with Gasteiger partial charge in [-0.2, -0.15) is 0 Å². The highest BCUT2D eigenvalue weighted by atomic mass is 32.1. The summed E-state index contributed by atoms with van der Waals surface area (Å²) in [5, 5.41) is 6.99. The number of thiazole rings is 2. The number of hydrogen-bond donors (Lipinski definition) is 1. The summed E-state index contributed by atoms with van der Waals surface area (Å²) in [6.07, 6.45) is 5.42. The van der Waals surface area contributed by atoms with Crippen molar-refractivity contribution in [1.29, 1.82) is 0 Å². The van der Waals surface area contributed by atoms with Crippen molar-refractivity contribution in [3.05, 3.63) is 36.1 Å². The third-order valence-electron chi connectivity index (χ3n) is 2.40. The van der Waals surface area contributed by atoms with E-state index in [1.807, 2.05) is 30.8 Å². The van der Waals surface area contributed by atoms with Crippen LogP contribution in [0.2, 0.25) is 0 Å². The van der Waals surface area contributed by atoms with Gasteiger partial charge in [-0.3, -0.25) is 4.98 Å². The summed E-state index contributed by atoms with van der Waals surface area (Å²) in [7, 11) is 1.87. The monoisotopic (exact) mass is 274 g/mol. The third-order valence-corrected chi connectivity index (χ3v) is 4.33. The molecule has 0 atom stereocenters. The summed E-state index contributed by atoms with van der Waals surface area (Å²) >= 11 is 3.24. The van der Waals surface area contributed by atoms with E-state index < -0.39 is 0 Å². The minimum atomic E-state index is 0.920. The molecule has 0 radical (unpaired) electrons. The maximum absolute atomic E-state index is 4.47. The van der Waals surface area contributed by atoms with Crippen molar-refractivity contribution < 1.29 is 0 Å². The van der Waals surface area contributed by atoms with Crippen LogP contribution >= 0.6 is 22.7 Å². The van der Waals surface area contributed by atoms with E-state index in [0.29, 0.717) is 0 Å². The fraction of sp³-hybridized carbons (Fsp3) is 0.0833. The second-order valence-corrected chi connectivity index (χ2v) is 5.44. The molecule has 0 saturated heterocycles. The van der Waals surface area contributed by atoms with Gasteiger partial charge in [0.2, 0.25) is 0 Å². The number of hydrogen-bond acceptors (Lipinski definition) is 6. The minimum Gasteiger partial charge on any atom is -0.365 e. The lowest BCUT2D eigenvalue weighted by atomic mass is 10.3. The van der Waals surface area contributed by atoms with E-state index in [-0.39, 0.29) is 0 Å². The van der Waals surface area contributed by atoms with Crippen LogP contribution in [0, 0.1) is 0 Å². The zero-order valence-corrected chi connectivity index (χ0v) is 11.3.